The number of aryl methyl sites for hydroxylation is 3. The normalized spacial score (nSPS) is 10.5. The molecule has 3 aromatic rings. The molecular formula is C23H28N8O5. The molecule has 0 aliphatic carbocycles. The monoisotopic (exact) mass is 496 g/mol. The Morgan fingerprint density at radius 1 is 0.889 bits per heavy atom. The summed E-state index contributed by atoms with van der Waals surface area (Å²) in [6, 6.07) is 4.93. The van der Waals surface area contributed by atoms with Gasteiger partial charge in [0.1, 0.15) is 17.7 Å². The molecule has 0 unspecified atom stereocenters. The van der Waals surface area contributed by atoms with Crippen molar-refractivity contribution in [2.24, 2.45) is 21.1 Å². The highest BCUT2D eigenvalue weighted by molar-refractivity contribution is 6.03. The van der Waals surface area contributed by atoms with Crippen molar-refractivity contribution in [1.82, 2.24) is 29.3 Å². The molecule has 4 N–H and O–H groups in total. The molecule has 0 atom stereocenters. The first-order valence-electron chi connectivity index (χ1n) is 11.1. The summed E-state index contributed by atoms with van der Waals surface area (Å²) < 4.78 is 4.68. The van der Waals surface area contributed by atoms with E-state index in [1.165, 1.54) is 16.8 Å². The van der Waals surface area contributed by atoms with Crippen molar-refractivity contribution in [3.63, 3.8) is 0 Å². The molecule has 36 heavy (non-hydrogen) atoms. The van der Waals surface area contributed by atoms with Crippen molar-refractivity contribution in [2.45, 2.75) is 12.8 Å². The molecular weight excluding hydrogens is 468 g/mol. The summed E-state index contributed by atoms with van der Waals surface area (Å²) in [6.45, 7) is 0.353. The van der Waals surface area contributed by atoms with E-state index in [9.17, 15) is 24.0 Å². The number of rotatable bonds is 11. The molecule has 3 aromatic heterocycles. The Morgan fingerprint density at radius 3 is 2.31 bits per heavy atom. The van der Waals surface area contributed by atoms with Crippen LogP contribution in [0, 0.1) is 0 Å². The van der Waals surface area contributed by atoms with Crippen LogP contribution in [-0.2, 0) is 30.7 Å². The highest BCUT2D eigenvalue weighted by Crippen LogP contribution is 2.15. The van der Waals surface area contributed by atoms with E-state index in [-0.39, 0.29) is 55.3 Å². The summed E-state index contributed by atoms with van der Waals surface area (Å²) in [5.41, 5.74) is 1.17. The standard InChI is InChI=1S/C23H28N8O5/c1-29-10-4-6-16(29)21(34)25-9-7-19(33)27-18-14-31(3)20(28-18)23(36)26-15-12-17(30(2)13-15)22(35)24-8-5-11-32/h4,6,10-14H,5,7-9H2,1-3H3,(H,24,35)(H,25,34)(H,26,36)(H,27,33). The summed E-state index contributed by atoms with van der Waals surface area (Å²) >= 11 is 0. The van der Waals surface area contributed by atoms with Gasteiger partial charge in [0.05, 0.1) is 5.69 Å². The third-order valence-corrected chi connectivity index (χ3v) is 5.20. The zero-order valence-electron chi connectivity index (χ0n) is 20.2. The fourth-order valence-corrected chi connectivity index (χ4v) is 3.40. The van der Waals surface area contributed by atoms with Crippen LogP contribution in [0.2, 0.25) is 0 Å². The Hall–Kier alpha value is -4.68. The van der Waals surface area contributed by atoms with Crippen LogP contribution in [0.1, 0.15) is 44.4 Å². The Balaban J connectivity index is 1.53. The van der Waals surface area contributed by atoms with Gasteiger partial charge in [0, 0.05) is 65.7 Å². The molecule has 0 bridgehead atoms. The molecule has 190 valence electrons. The SMILES string of the molecule is Cn1cc(NC(=O)c2nc(NC(=O)CCNC(=O)c3cccn3C)cn2C)cc1C(=O)NCCC=O. The largest absolute Gasteiger partial charge is 0.350 e. The Labute approximate surface area is 206 Å². The van der Waals surface area contributed by atoms with Gasteiger partial charge in [-0.25, -0.2) is 4.98 Å². The summed E-state index contributed by atoms with van der Waals surface area (Å²) in [6.07, 6.45) is 5.76. The molecule has 0 fully saturated rings. The predicted octanol–water partition coefficient (Wildman–Crippen LogP) is 0.427. The topological polar surface area (TPSA) is 161 Å². The van der Waals surface area contributed by atoms with Gasteiger partial charge in [-0.15, -0.1) is 0 Å². The fourth-order valence-electron chi connectivity index (χ4n) is 3.40. The van der Waals surface area contributed by atoms with E-state index < -0.39 is 5.91 Å². The lowest BCUT2D eigenvalue weighted by Gasteiger charge is -2.06. The number of carbonyl (C=O) groups excluding carboxylic acids is 5. The van der Waals surface area contributed by atoms with Gasteiger partial charge >= 0.3 is 0 Å². The minimum Gasteiger partial charge on any atom is -0.350 e. The lowest BCUT2D eigenvalue weighted by atomic mass is 10.3. The van der Waals surface area contributed by atoms with Gasteiger partial charge in [0.25, 0.3) is 17.7 Å². The predicted molar refractivity (Wildman–Crippen MR) is 131 cm³/mol. The van der Waals surface area contributed by atoms with Crippen molar-refractivity contribution in [3.05, 3.63) is 54.0 Å². The average molecular weight is 497 g/mol. The van der Waals surface area contributed by atoms with E-state index in [1.807, 2.05) is 0 Å². The molecule has 13 heteroatoms. The molecule has 0 aliphatic heterocycles. The maximum atomic E-state index is 12.7. The number of amides is 4. The Kier molecular flexibility index (Phi) is 8.39. The highest BCUT2D eigenvalue weighted by atomic mass is 16.2. The van der Waals surface area contributed by atoms with Crippen molar-refractivity contribution in [2.75, 3.05) is 23.7 Å². The zero-order chi connectivity index (χ0) is 26.2. The molecule has 0 aromatic carbocycles. The van der Waals surface area contributed by atoms with Gasteiger partial charge in [-0.1, -0.05) is 0 Å². The molecule has 0 radical (unpaired) electrons. The molecule has 0 saturated heterocycles. The molecule has 3 heterocycles. The van der Waals surface area contributed by atoms with Crippen LogP contribution in [-0.4, -0.2) is 61.7 Å². The first-order valence-corrected chi connectivity index (χ1v) is 11.1. The number of carbonyl (C=O) groups is 5. The number of aromatic nitrogens is 4. The first kappa shape index (κ1) is 25.9. The van der Waals surface area contributed by atoms with E-state index in [0.717, 1.165) is 0 Å². The molecule has 3 rings (SSSR count). The minimum absolute atomic E-state index is 0.0238. The number of imidazole rings is 1. The van der Waals surface area contributed by atoms with Crippen LogP contribution >= 0.6 is 0 Å². The second-order valence-electron chi connectivity index (χ2n) is 8.01. The Bertz CT molecular complexity index is 1290. The maximum absolute atomic E-state index is 12.7. The van der Waals surface area contributed by atoms with Gasteiger partial charge in [-0.05, 0) is 18.2 Å². The van der Waals surface area contributed by atoms with E-state index in [1.54, 1.807) is 54.8 Å². The summed E-state index contributed by atoms with van der Waals surface area (Å²) in [4.78, 5) is 63.9. The van der Waals surface area contributed by atoms with Crippen molar-refractivity contribution >= 4 is 41.4 Å². The molecule has 4 amide bonds. The lowest BCUT2D eigenvalue weighted by Crippen LogP contribution is -2.29. The van der Waals surface area contributed by atoms with E-state index in [0.29, 0.717) is 23.4 Å². The van der Waals surface area contributed by atoms with E-state index >= 15 is 0 Å². The van der Waals surface area contributed by atoms with E-state index in [4.69, 9.17) is 0 Å². The quantitative estimate of drug-likeness (QED) is 0.222. The number of anilines is 2. The van der Waals surface area contributed by atoms with Crippen molar-refractivity contribution in [3.8, 4) is 0 Å². The van der Waals surface area contributed by atoms with Gasteiger partial charge < -0.3 is 39.8 Å². The number of nitrogens with zero attached hydrogens (tertiary/aromatic N) is 4. The van der Waals surface area contributed by atoms with Crippen LogP contribution in [0.3, 0.4) is 0 Å². The molecule has 13 nitrogen and oxygen atoms in total. The van der Waals surface area contributed by atoms with E-state index in [2.05, 4.69) is 26.3 Å². The number of hydrogen-bond acceptors (Lipinski definition) is 6. The minimum atomic E-state index is -0.536. The number of hydrogen-bond donors (Lipinski definition) is 4. The van der Waals surface area contributed by atoms with Crippen molar-refractivity contribution in [1.29, 1.82) is 0 Å². The summed E-state index contributed by atoms with van der Waals surface area (Å²) in [7, 11) is 5.01. The average Bonchev–Trinajstić information content (AvgIpc) is 3.51. The molecule has 0 aliphatic rings. The van der Waals surface area contributed by atoms with Gasteiger partial charge in [-0.3, -0.25) is 19.2 Å². The third kappa shape index (κ3) is 6.46. The molecule has 0 spiro atoms. The Morgan fingerprint density at radius 2 is 1.61 bits per heavy atom. The van der Waals surface area contributed by atoms with Gasteiger partial charge in [0.15, 0.2) is 5.82 Å². The maximum Gasteiger partial charge on any atom is 0.291 e. The lowest BCUT2D eigenvalue weighted by molar-refractivity contribution is -0.116. The smallest absolute Gasteiger partial charge is 0.291 e. The fraction of sp³-hybridized carbons (Fsp3) is 0.304. The van der Waals surface area contributed by atoms with Gasteiger partial charge in [-0.2, -0.15) is 0 Å². The summed E-state index contributed by atoms with van der Waals surface area (Å²) in [5.74, 6) is -1.34. The van der Waals surface area contributed by atoms with Crippen LogP contribution in [0.25, 0.3) is 0 Å². The van der Waals surface area contributed by atoms with Crippen LogP contribution < -0.4 is 21.3 Å². The highest BCUT2D eigenvalue weighted by Gasteiger charge is 2.18. The second-order valence-corrected chi connectivity index (χ2v) is 8.01. The van der Waals surface area contributed by atoms with Crippen LogP contribution in [0.4, 0.5) is 11.5 Å². The van der Waals surface area contributed by atoms with Gasteiger partial charge in [0.2, 0.25) is 11.7 Å². The van der Waals surface area contributed by atoms with Crippen LogP contribution in [0.15, 0.2) is 36.8 Å². The second kappa shape index (κ2) is 11.6. The zero-order valence-corrected chi connectivity index (χ0v) is 20.2. The molecule has 0 saturated carbocycles. The number of aldehydes is 1. The first-order chi connectivity index (χ1) is 17.2. The number of nitrogens with one attached hydrogen (secondary N) is 4. The van der Waals surface area contributed by atoms with Crippen molar-refractivity contribution < 1.29 is 24.0 Å². The summed E-state index contributed by atoms with van der Waals surface area (Å²) in [5, 5.41) is 10.6. The van der Waals surface area contributed by atoms with Crippen LogP contribution in [0.5, 0.6) is 0 Å². The third-order valence-electron chi connectivity index (χ3n) is 5.20.